The number of hydrogen-bond acceptors (Lipinski definition) is 4. The first-order valence-electron chi connectivity index (χ1n) is 12.7. The van der Waals surface area contributed by atoms with Gasteiger partial charge in [-0.3, -0.25) is 14.5 Å². The number of nitrogens with zero attached hydrogens (tertiary/aromatic N) is 2. The van der Waals surface area contributed by atoms with Crippen molar-refractivity contribution in [1.82, 2.24) is 15.1 Å². The number of fused-ring (bicyclic) bond motifs is 1. The number of ether oxygens (including phenoxy) is 1. The molecule has 2 heterocycles. The van der Waals surface area contributed by atoms with Gasteiger partial charge in [0.1, 0.15) is 5.75 Å². The highest BCUT2D eigenvalue weighted by Crippen LogP contribution is 2.34. The molecule has 0 aromatic heterocycles. The van der Waals surface area contributed by atoms with Gasteiger partial charge in [0.05, 0.1) is 19.6 Å². The van der Waals surface area contributed by atoms with Crippen LogP contribution in [-0.2, 0) is 17.9 Å². The summed E-state index contributed by atoms with van der Waals surface area (Å²) in [5.74, 6) is 0.717. The smallest absolute Gasteiger partial charge is 0.255 e. The summed E-state index contributed by atoms with van der Waals surface area (Å²) in [5, 5.41) is 3.26. The van der Waals surface area contributed by atoms with Crippen molar-refractivity contribution >= 4 is 11.8 Å². The third-order valence-corrected chi connectivity index (χ3v) is 7.31. The molecule has 0 saturated carbocycles. The first-order valence-corrected chi connectivity index (χ1v) is 12.7. The fraction of sp³-hybridized carbons (Fsp3) is 0.333. The van der Waals surface area contributed by atoms with Crippen molar-refractivity contribution in [1.29, 1.82) is 0 Å². The SMILES string of the molecule is COc1ccc([C@H](CC(=O)NC2CCN(Cc3ccccc3)CC2)N2Cc3ccccc3C2=O)cc1. The van der Waals surface area contributed by atoms with Crippen molar-refractivity contribution in [2.24, 2.45) is 0 Å². The number of benzene rings is 3. The molecule has 1 atom stereocenters. The average Bonchev–Trinajstić information content (AvgIpc) is 3.25. The Labute approximate surface area is 212 Å². The highest BCUT2D eigenvalue weighted by molar-refractivity contribution is 5.98. The lowest BCUT2D eigenvalue weighted by Gasteiger charge is -2.33. The lowest BCUT2D eigenvalue weighted by atomic mass is 9.99. The van der Waals surface area contributed by atoms with Crippen LogP contribution in [0.2, 0.25) is 0 Å². The maximum atomic E-state index is 13.3. The molecule has 1 fully saturated rings. The number of methoxy groups -OCH3 is 1. The van der Waals surface area contributed by atoms with E-state index in [1.807, 2.05) is 59.5 Å². The van der Waals surface area contributed by atoms with Crippen LogP contribution in [0.4, 0.5) is 0 Å². The fourth-order valence-corrected chi connectivity index (χ4v) is 5.30. The lowest BCUT2D eigenvalue weighted by molar-refractivity contribution is -0.123. The number of rotatable bonds is 8. The van der Waals surface area contributed by atoms with E-state index in [9.17, 15) is 9.59 Å². The zero-order chi connectivity index (χ0) is 24.9. The van der Waals surface area contributed by atoms with Crippen LogP contribution in [0.3, 0.4) is 0 Å². The highest BCUT2D eigenvalue weighted by Gasteiger charge is 2.35. The normalized spacial score (nSPS) is 17.0. The molecule has 36 heavy (non-hydrogen) atoms. The van der Waals surface area contributed by atoms with Gasteiger partial charge < -0.3 is 15.0 Å². The minimum Gasteiger partial charge on any atom is -0.497 e. The number of piperidine rings is 1. The van der Waals surface area contributed by atoms with Gasteiger partial charge in [0.15, 0.2) is 0 Å². The summed E-state index contributed by atoms with van der Waals surface area (Å²) in [5.41, 5.74) is 3.98. The molecular formula is C30H33N3O3. The summed E-state index contributed by atoms with van der Waals surface area (Å²) in [6, 6.07) is 25.7. The van der Waals surface area contributed by atoms with E-state index < -0.39 is 0 Å². The summed E-state index contributed by atoms with van der Waals surface area (Å²) < 4.78 is 5.31. The Morgan fingerprint density at radius 2 is 1.67 bits per heavy atom. The van der Waals surface area contributed by atoms with Gasteiger partial charge in [0, 0.05) is 37.8 Å². The van der Waals surface area contributed by atoms with Gasteiger partial charge in [-0.1, -0.05) is 60.7 Å². The maximum Gasteiger partial charge on any atom is 0.255 e. The average molecular weight is 484 g/mol. The molecule has 1 N–H and O–H groups in total. The highest BCUT2D eigenvalue weighted by atomic mass is 16.5. The molecule has 0 aliphatic carbocycles. The van der Waals surface area contributed by atoms with Gasteiger partial charge in [-0.05, 0) is 47.7 Å². The van der Waals surface area contributed by atoms with Crippen LogP contribution in [0, 0.1) is 0 Å². The number of amides is 2. The lowest BCUT2D eigenvalue weighted by Crippen LogP contribution is -2.45. The van der Waals surface area contributed by atoms with Crippen LogP contribution in [0.5, 0.6) is 5.75 Å². The van der Waals surface area contributed by atoms with Crippen LogP contribution >= 0.6 is 0 Å². The monoisotopic (exact) mass is 483 g/mol. The number of carbonyl (C=O) groups excluding carboxylic acids is 2. The third-order valence-electron chi connectivity index (χ3n) is 7.31. The van der Waals surface area contributed by atoms with Gasteiger partial charge >= 0.3 is 0 Å². The number of hydrogen-bond donors (Lipinski definition) is 1. The number of likely N-dealkylation sites (tertiary alicyclic amines) is 1. The van der Waals surface area contributed by atoms with Crippen LogP contribution < -0.4 is 10.1 Å². The van der Waals surface area contributed by atoms with E-state index in [-0.39, 0.29) is 30.3 Å². The van der Waals surface area contributed by atoms with Crippen molar-refractivity contribution in [3.05, 3.63) is 101 Å². The van der Waals surface area contributed by atoms with Gasteiger partial charge in [-0.25, -0.2) is 0 Å². The topological polar surface area (TPSA) is 61.9 Å². The Bertz CT molecular complexity index is 1190. The molecule has 6 nitrogen and oxygen atoms in total. The molecule has 3 aromatic carbocycles. The Balaban J connectivity index is 1.23. The maximum absolute atomic E-state index is 13.3. The Kier molecular flexibility index (Phi) is 7.33. The number of nitrogens with one attached hydrogen (secondary N) is 1. The van der Waals surface area contributed by atoms with Crippen LogP contribution in [-0.4, -0.2) is 47.9 Å². The summed E-state index contributed by atoms with van der Waals surface area (Å²) in [6.07, 6.45) is 2.09. The first-order chi connectivity index (χ1) is 17.6. The molecule has 186 valence electrons. The number of carbonyl (C=O) groups is 2. The molecule has 6 heteroatoms. The fourth-order valence-electron chi connectivity index (χ4n) is 5.30. The van der Waals surface area contributed by atoms with Crippen molar-refractivity contribution in [3.63, 3.8) is 0 Å². The predicted molar refractivity (Wildman–Crippen MR) is 140 cm³/mol. The molecule has 0 radical (unpaired) electrons. The van der Waals surface area contributed by atoms with Gasteiger partial charge in [0.25, 0.3) is 5.91 Å². The summed E-state index contributed by atoms with van der Waals surface area (Å²) >= 11 is 0. The molecular weight excluding hydrogens is 450 g/mol. The Morgan fingerprint density at radius 3 is 2.36 bits per heavy atom. The largest absolute Gasteiger partial charge is 0.497 e. The van der Waals surface area contributed by atoms with Gasteiger partial charge in [-0.2, -0.15) is 0 Å². The summed E-state index contributed by atoms with van der Waals surface area (Å²) in [7, 11) is 1.63. The molecule has 2 aliphatic rings. The second kappa shape index (κ2) is 11.0. The van der Waals surface area contributed by atoms with Gasteiger partial charge in [-0.15, -0.1) is 0 Å². The molecule has 0 spiro atoms. The van der Waals surface area contributed by atoms with Gasteiger partial charge in [0.2, 0.25) is 5.91 Å². The molecule has 2 amide bonds. The second-order valence-electron chi connectivity index (χ2n) is 9.69. The van der Waals surface area contributed by atoms with E-state index in [1.54, 1.807) is 7.11 Å². The van der Waals surface area contributed by atoms with E-state index >= 15 is 0 Å². The summed E-state index contributed by atoms with van der Waals surface area (Å²) in [4.78, 5) is 30.8. The van der Waals surface area contributed by atoms with E-state index in [1.165, 1.54) is 5.56 Å². The predicted octanol–water partition coefficient (Wildman–Crippen LogP) is 4.56. The quantitative estimate of drug-likeness (QED) is 0.510. The molecule has 2 aliphatic heterocycles. The van der Waals surface area contributed by atoms with Crippen molar-refractivity contribution in [2.45, 2.75) is 44.4 Å². The van der Waals surface area contributed by atoms with E-state index in [0.29, 0.717) is 6.54 Å². The van der Waals surface area contributed by atoms with E-state index in [4.69, 9.17) is 4.74 Å². The minimum atomic E-state index is -0.339. The molecule has 5 rings (SSSR count). The van der Waals surface area contributed by atoms with Crippen molar-refractivity contribution in [3.8, 4) is 5.75 Å². The Hall–Kier alpha value is -3.64. The second-order valence-corrected chi connectivity index (χ2v) is 9.69. The first kappa shape index (κ1) is 24.1. The van der Waals surface area contributed by atoms with Crippen molar-refractivity contribution < 1.29 is 14.3 Å². The van der Waals surface area contributed by atoms with E-state index in [2.05, 4.69) is 34.5 Å². The molecule has 3 aromatic rings. The zero-order valence-electron chi connectivity index (χ0n) is 20.7. The Morgan fingerprint density at radius 1 is 0.972 bits per heavy atom. The molecule has 0 bridgehead atoms. The van der Waals surface area contributed by atoms with Crippen LogP contribution in [0.15, 0.2) is 78.9 Å². The molecule has 0 unspecified atom stereocenters. The van der Waals surface area contributed by atoms with E-state index in [0.717, 1.165) is 54.9 Å². The zero-order valence-corrected chi connectivity index (χ0v) is 20.7. The standard InChI is InChI=1S/C30H33N3O3/c1-36-26-13-11-23(12-14-26)28(33-21-24-9-5-6-10-27(24)30(33)35)19-29(34)31-25-15-17-32(18-16-25)20-22-7-3-2-4-8-22/h2-14,25,28H,15-21H2,1H3,(H,31,34)/t28-/m0/s1. The minimum absolute atomic E-state index is 0.0129. The molecule has 1 saturated heterocycles. The van der Waals surface area contributed by atoms with Crippen LogP contribution in [0.25, 0.3) is 0 Å². The third kappa shape index (κ3) is 5.44. The van der Waals surface area contributed by atoms with Crippen LogP contribution in [0.1, 0.15) is 52.4 Å². The summed E-state index contributed by atoms with van der Waals surface area (Å²) in [6.45, 7) is 3.37. The van der Waals surface area contributed by atoms with Crippen molar-refractivity contribution in [2.75, 3.05) is 20.2 Å².